The molecule has 0 radical (unpaired) electrons. The van der Waals surface area contributed by atoms with Gasteiger partial charge in [0.25, 0.3) is 0 Å². The first-order valence-electron chi connectivity index (χ1n) is 7.26. The lowest BCUT2D eigenvalue weighted by atomic mass is 9.86. The van der Waals surface area contributed by atoms with Gasteiger partial charge < -0.3 is 10.3 Å². The zero-order valence-corrected chi connectivity index (χ0v) is 11.8. The number of nitrogens with zero attached hydrogens (tertiary/aromatic N) is 3. The summed E-state index contributed by atoms with van der Waals surface area (Å²) in [6.45, 7) is 2.67. The van der Waals surface area contributed by atoms with Gasteiger partial charge in [-0.3, -0.25) is 4.98 Å². The van der Waals surface area contributed by atoms with Gasteiger partial charge in [0.2, 0.25) is 11.7 Å². The Hall–Kier alpha value is -1.75. The smallest absolute Gasteiger partial charge is 0.234 e. The van der Waals surface area contributed by atoms with Crippen molar-refractivity contribution in [2.24, 2.45) is 5.73 Å². The van der Waals surface area contributed by atoms with Crippen LogP contribution in [-0.4, -0.2) is 21.7 Å². The molecule has 0 saturated heterocycles. The van der Waals surface area contributed by atoms with Crippen molar-refractivity contribution in [3.8, 4) is 11.4 Å². The fraction of sp³-hybridized carbons (Fsp3) is 0.533. The lowest BCUT2D eigenvalue weighted by molar-refractivity contribution is 0.284. The third-order valence-electron chi connectivity index (χ3n) is 4.36. The molecule has 2 aromatic heterocycles. The molecular formula is C15H20N4O. The van der Waals surface area contributed by atoms with E-state index >= 15 is 0 Å². The van der Waals surface area contributed by atoms with E-state index in [0.29, 0.717) is 18.3 Å². The van der Waals surface area contributed by atoms with Crippen molar-refractivity contribution in [1.29, 1.82) is 0 Å². The third kappa shape index (κ3) is 2.12. The van der Waals surface area contributed by atoms with E-state index in [0.717, 1.165) is 30.4 Å². The molecule has 5 heteroatoms. The Morgan fingerprint density at radius 2 is 2.15 bits per heavy atom. The lowest BCUT2D eigenvalue weighted by Gasteiger charge is -2.21. The number of rotatable bonds is 4. The van der Waals surface area contributed by atoms with Crippen molar-refractivity contribution in [3.63, 3.8) is 0 Å². The van der Waals surface area contributed by atoms with E-state index < -0.39 is 0 Å². The molecule has 106 valence electrons. The van der Waals surface area contributed by atoms with Gasteiger partial charge in [-0.2, -0.15) is 4.98 Å². The summed E-state index contributed by atoms with van der Waals surface area (Å²) >= 11 is 0. The molecule has 0 amide bonds. The molecule has 1 saturated carbocycles. The lowest BCUT2D eigenvalue weighted by Crippen LogP contribution is -2.32. The molecule has 0 spiro atoms. The Kier molecular flexibility index (Phi) is 3.53. The predicted octanol–water partition coefficient (Wildman–Crippen LogP) is 2.46. The fourth-order valence-electron chi connectivity index (χ4n) is 3.03. The maximum Gasteiger partial charge on any atom is 0.234 e. The van der Waals surface area contributed by atoms with E-state index in [1.165, 1.54) is 12.8 Å². The van der Waals surface area contributed by atoms with Gasteiger partial charge >= 0.3 is 0 Å². The Bertz CT molecular complexity index is 587. The van der Waals surface area contributed by atoms with Crippen molar-refractivity contribution in [3.05, 3.63) is 29.9 Å². The number of aryl methyl sites for hydroxylation is 1. The SMILES string of the molecule is CCc1cnccc1-c1noc(C2(CN)CCCC2)n1. The van der Waals surface area contributed by atoms with Gasteiger partial charge in [-0.05, 0) is 30.9 Å². The van der Waals surface area contributed by atoms with Crippen molar-refractivity contribution in [1.82, 2.24) is 15.1 Å². The minimum absolute atomic E-state index is 0.106. The molecule has 1 fully saturated rings. The molecule has 3 rings (SSSR count). The van der Waals surface area contributed by atoms with Crippen molar-refractivity contribution in [2.75, 3.05) is 6.54 Å². The maximum absolute atomic E-state index is 5.97. The van der Waals surface area contributed by atoms with Crippen LogP contribution in [0.5, 0.6) is 0 Å². The highest BCUT2D eigenvalue weighted by atomic mass is 16.5. The van der Waals surface area contributed by atoms with Crippen LogP contribution in [0.25, 0.3) is 11.4 Å². The Morgan fingerprint density at radius 1 is 1.35 bits per heavy atom. The fourth-order valence-corrected chi connectivity index (χ4v) is 3.03. The molecule has 1 aliphatic carbocycles. The van der Waals surface area contributed by atoms with Gasteiger partial charge in [-0.25, -0.2) is 0 Å². The summed E-state index contributed by atoms with van der Waals surface area (Å²) in [5, 5.41) is 4.16. The second-order valence-electron chi connectivity index (χ2n) is 5.50. The second kappa shape index (κ2) is 5.32. The Morgan fingerprint density at radius 3 is 2.85 bits per heavy atom. The van der Waals surface area contributed by atoms with Gasteiger partial charge in [0.1, 0.15) is 0 Å². The van der Waals surface area contributed by atoms with Crippen LogP contribution in [-0.2, 0) is 11.8 Å². The van der Waals surface area contributed by atoms with Gasteiger partial charge in [-0.1, -0.05) is 24.9 Å². The van der Waals surface area contributed by atoms with Crippen LogP contribution in [0.1, 0.15) is 44.1 Å². The number of pyridine rings is 1. The zero-order chi connectivity index (χ0) is 14.0. The van der Waals surface area contributed by atoms with Crippen molar-refractivity contribution in [2.45, 2.75) is 44.4 Å². The van der Waals surface area contributed by atoms with Crippen LogP contribution in [0.2, 0.25) is 0 Å². The summed E-state index contributed by atoms with van der Waals surface area (Å²) in [4.78, 5) is 8.78. The summed E-state index contributed by atoms with van der Waals surface area (Å²) in [6, 6.07) is 1.94. The molecule has 0 atom stereocenters. The highest BCUT2D eigenvalue weighted by Gasteiger charge is 2.39. The maximum atomic E-state index is 5.97. The standard InChI is InChI=1S/C15H20N4O/c1-2-11-9-17-8-5-12(11)13-18-14(20-19-13)15(10-16)6-3-4-7-15/h5,8-9H,2-4,6-7,10,16H2,1H3. The normalized spacial score (nSPS) is 17.5. The van der Waals surface area contributed by atoms with Crippen LogP contribution < -0.4 is 5.73 Å². The monoisotopic (exact) mass is 272 g/mol. The number of aromatic nitrogens is 3. The van der Waals surface area contributed by atoms with Gasteiger partial charge in [0.05, 0.1) is 5.41 Å². The number of nitrogens with two attached hydrogens (primary N) is 1. The van der Waals surface area contributed by atoms with Crippen LogP contribution >= 0.6 is 0 Å². The van der Waals surface area contributed by atoms with Crippen LogP contribution in [0.3, 0.4) is 0 Å². The minimum Gasteiger partial charge on any atom is -0.338 e. The first-order valence-corrected chi connectivity index (χ1v) is 7.26. The van der Waals surface area contributed by atoms with E-state index in [2.05, 4.69) is 22.0 Å². The molecule has 0 bridgehead atoms. The first-order chi connectivity index (χ1) is 9.79. The summed E-state index contributed by atoms with van der Waals surface area (Å²) < 4.78 is 5.54. The summed E-state index contributed by atoms with van der Waals surface area (Å²) in [6.07, 6.45) is 8.98. The highest BCUT2D eigenvalue weighted by Crippen LogP contribution is 2.40. The minimum atomic E-state index is -0.106. The average molecular weight is 272 g/mol. The average Bonchev–Trinajstić information content (AvgIpc) is 3.16. The summed E-state index contributed by atoms with van der Waals surface area (Å²) in [7, 11) is 0. The Labute approximate surface area is 118 Å². The van der Waals surface area contributed by atoms with E-state index in [1.54, 1.807) is 6.20 Å². The molecule has 20 heavy (non-hydrogen) atoms. The summed E-state index contributed by atoms with van der Waals surface area (Å²) in [5.74, 6) is 1.35. The van der Waals surface area contributed by atoms with Crippen molar-refractivity contribution < 1.29 is 4.52 Å². The van der Waals surface area contributed by atoms with Gasteiger partial charge in [0.15, 0.2) is 0 Å². The highest BCUT2D eigenvalue weighted by molar-refractivity contribution is 5.58. The predicted molar refractivity (Wildman–Crippen MR) is 76.1 cm³/mol. The summed E-state index contributed by atoms with van der Waals surface area (Å²) in [5.41, 5.74) is 8.00. The van der Waals surface area contributed by atoms with E-state index in [1.807, 2.05) is 12.3 Å². The molecule has 0 aromatic carbocycles. The van der Waals surface area contributed by atoms with E-state index in [4.69, 9.17) is 10.3 Å². The van der Waals surface area contributed by atoms with E-state index in [9.17, 15) is 0 Å². The topological polar surface area (TPSA) is 77.8 Å². The van der Waals surface area contributed by atoms with Gasteiger partial charge in [-0.15, -0.1) is 0 Å². The molecule has 2 aromatic rings. The molecule has 0 aliphatic heterocycles. The molecule has 5 nitrogen and oxygen atoms in total. The van der Waals surface area contributed by atoms with Crippen LogP contribution in [0.15, 0.2) is 23.0 Å². The quantitative estimate of drug-likeness (QED) is 0.925. The first kappa shape index (κ1) is 13.2. The number of hydrogen-bond acceptors (Lipinski definition) is 5. The molecule has 2 N–H and O–H groups in total. The third-order valence-corrected chi connectivity index (χ3v) is 4.36. The Balaban J connectivity index is 1.98. The van der Waals surface area contributed by atoms with Gasteiger partial charge in [0, 0.05) is 24.5 Å². The molecular weight excluding hydrogens is 252 g/mol. The van der Waals surface area contributed by atoms with E-state index in [-0.39, 0.29) is 5.41 Å². The second-order valence-corrected chi connectivity index (χ2v) is 5.50. The molecule has 0 unspecified atom stereocenters. The van der Waals surface area contributed by atoms with Crippen molar-refractivity contribution >= 4 is 0 Å². The molecule has 2 heterocycles. The van der Waals surface area contributed by atoms with Crippen LogP contribution in [0.4, 0.5) is 0 Å². The number of hydrogen-bond donors (Lipinski definition) is 1. The molecule has 1 aliphatic rings. The van der Waals surface area contributed by atoms with Crippen LogP contribution in [0, 0.1) is 0 Å². The largest absolute Gasteiger partial charge is 0.338 e. The zero-order valence-electron chi connectivity index (χ0n) is 11.8.